The molecule has 22 heavy (non-hydrogen) atoms. The van der Waals surface area contributed by atoms with Gasteiger partial charge in [0.05, 0.1) is 0 Å². The van der Waals surface area contributed by atoms with Gasteiger partial charge in [0.1, 0.15) is 5.52 Å². The van der Waals surface area contributed by atoms with Crippen LogP contribution in [0.1, 0.15) is 25.7 Å². The van der Waals surface area contributed by atoms with Crippen molar-refractivity contribution in [3.8, 4) is 0 Å². The Balaban J connectivity index is 1.57. The first kappa shape index (κ1) is 13.6. The molecule has 2 aromatic rings. The standard InChI is InChI=1S/C14H16ClN5O2/c15-13-17-12(11-2-1-5-19(11)18-13)16-8-6-9-3-4-10(7-8)20(9)14(21)22/h1-2,5,8-10H,3-4,6-7H2,(H,21,22)(H,16,17,18). The van der Waals surface area contributed by atoms with Crippen LogP contribution in [0.25, 0.3) is 5.52 Å². The second-order valence-electron chi connectivity index (χ2n) is 5.95. The topological polar surface area (TPSA) is 82.8 Å². The summed E-state index contributed by atoms with van der Waals surface area (Å²) in [6.45, 7) is 0. The van der Waals surface area contributed by atoms with Crippen LogP contribution in [-0.2, 0) is 0 Å². The summed E-state index contributed by atoms with van der Waals surface area (Å²) in [6, 6.07) is 4.24. The quantitative estimate of drug-likeness (QED) is 0.888. The average Bonchev–Trinajstić information content (AvgIpc) is 3.02. The monoisotopic (exact) mass is 321 g/mol. The molecule has 0 aromatic carbocycles. The smallest absolute Gasteiger partial charge is 0.407 e. The molecule has 2 unspecified atom stereocenters. The summed E-state index contributed by atoms with van der Waals surface area (Å²) in [5.74, 6) is 0.707. The third kappa shape index (κ3) is 2.16. The summed E-state index contributed by atoms with van der Waals surface area (Å²) in [5.41, 5.74) is 0.873. The molecule has 4 rings (SSSR count). The highest BCUT2D eigenvalue weighted by Gasteiger charge is 2.43. The maximum atomic E-state index is 11.3. The molecule has 1 amide bonds. The minimum absolute atomic E-state index is 0.105. The van der Waals surface area contributed by atoms with E-state index in [1.807, 2.05) is 18.3 Å². The number of halogens is 1. The number of carbonyl (C=O) groups is 1. The third-order valence-electron chi connectivity index (χ3n) is 4.66. The second kappa shape index (κ2) is 5.01. The molecule has 0 radical (unpaired) electrons. The molecular weight excluding hydrogens is 306 g/mol. The first-order chi connectivity index (χ1) is 10.6. The molecule has 2 fully saturated rings. The molecule has 2 aromatic heterocycles. The van der Waals surface area contributed by atoms with Crippen LogP contribution in [0.5, 0.6) is 0 Å². The highest BCUT2D eigenvalue weighted by atomic mass is 35.5. The van der Waals surface area contributed by atoms with Crippen LogP contribution >= 0.6 is 11.6 Å². The average molecular weight is 322 g/mol. The molecule has 0 saturated carbocycles. The lowest BCUT2D eigenvalue weighted by Gasteiger charge is -2.37. The van der Waals surface area contributed by atoms with Crippen molar-refractivity contribution < 1.29 is 9.90 Å². The largest absolute Gasteiger partial charge is 0.465 e. The summed E-state index contributed by atoms with van der Waals surface area (Å²) in [6.07, 6.45) is 4.52. The Morgan fingerprint density at radius 1 is 1.36 bits per heavy atom. The van der Waals surface area contributed by atoms with E-state index >= 15 is 0 Å². The van der Waals surface area contributed by atoms with Gasteiger partial charge < -0.3 is 15.3 Å². The van der Waals surface area contributed by atoms with Crippen molar-refractivity contribution in [2.75, 3.05) is 5.32 Å². The summed E-state index contributed by atoms with van der Waals surface area (Å²) < 4.78 is 1.69. The number of aromatic nitrogens is 3. The van der Waals surface area contributed by atoms with E-state index in [0.29, 0.717) is 5.82 Å². The van der Waals surface area contributed by atoms with Crippen molar-refractivity contribution in [1.29, 1.82) is 0 Å². The van der Waals surface area contributed by atoms with Crippen molar-refractivity contribution in [3.05, 3.63) is 23.6 Å². The van der Waals surface area contributed by atoms with Gasteiger partial charge in [0.25, 0.3) is 0 Å². The first-order valence-electron chi connectivity index (χ1n) is 7.40. The molecule has 4 heterocycles. The normalized spacial score (nSPS) is 27.3. The molecule has 2 aliphatic heterocycles. The van der Waals surface area contributed by atoms with E-state index in [2.05, 4.69) is 15.4 Å². The zero-order chi connectivity index (χ0) is 15.3. The van der Waals surface area contributed by atoms with Crippen molar-refractivity contribution in [1.82, 2.24) is 19.5 Å². The number of rotatable bonds is 2. The maximum absolute atomic E-state index is 11.3. The molecule has 8 heteroatoms. The molecular formula is C14H16ClN5O2. The molecule has 7 nitrogen and oxygen atoms in total. The third-order valence-corrected chi connectivity index (χ3v) is 4.82. The number of hydrogen-bond donors (Lipinski definition) is 2. The van der Waals surface area contributed by atoms with Gasteiger partial charge in [0.15, 0.2) is 5.82 Å². The first-order valence-corrected chi connectivity index (χ1v) is 7.78. The summed E-state index contributed by atoms with van der Waals surface area (Å²) in [5, 5.41) is 17.0. The van der Waals surface area contributed by atoms with Crippen LogP contribution in [0, 0.1) is 0 Å². The Hall–Kier alpha value is -2.02. The van der Waals surface area contributed by atoms with E-state index in [1.165, 1.54) is 0 Å². The molecule has 0 aliphatic carbocycles. The Kier molecular flexibility index (Phi) is 3.11. The van der Waals surface area contributed by atoms with Crippen molar-refractivity contribution >= 4 is 29.0 Å². The minimum Gasteiger partial charge on any atom is -0.465 e. The van der Waals surface area contributed by atoms with Crippen molar-refractivity contribution in [2.45, 2.75) is 43.8 Å². The van der Waals surface area contributed by atoms with Crippen LogP contribution in [0.15, 0.2) is 18.3 Å². The van der Waals surface area contributed by atoms with E-state index in [9.17, 15) is 9.90 Å². The number of hydrogen-bond acceptors (Lipinski definition) is 4. The molecule has 2 bridgehead atoms. The lowest BCUT2D eigenvalue weighted by Crippen LogP contribution is -2.49. The van der Waals surface area contributed by atoms with Gasteiger partial charge in [-0.25, -0.2) is 9.31 Å². The number of nitrogens with one attached hydrogen (secondary N) is 1. The van der Waals surface area contributed by atoms with E-state index in [1.54, 1.807) is 9.42 Å². The van der Waals surface area contributed by atoms with Gasteiger partial charge in [0.2, 0.25) is 5.28 Å². The zero-order valence-electron chi connectivity index (χ0n) is 11.8. The minimum atomic E-state index is -0.801. The van der Waals surface area contributed by atoms with Gasteiger partial charge >= 0.3 is 6.09 Å². The van der Waals surface area contributed by atoms with Crippen LogP contribution < -0.4 is 5.32 Å². The van der Waals surface area contributed by atoms with E-state index in [4.69, 9.17) is 11.6 Å². The van der Waals surface area contributed by atoms with Crippen LogP contribution in [-0.4, -0.2) is 48.8 Å². The van der Waals surface area contributed by atoms with E-state index < -0.39 is 6.09 Å². The number of amides is 1. The van der Waals surface area contributed by atoms with Crippen molar-refractivity contribution in [3.63, 3.8) is 0 Å². The Bertz CT molecular complexity index is 719. The Labute approximate surface area is 131 Å². The Morgan fingerprint density at radius 2 is 2.09 bits per heavy atom. The highest BCUT2D eigenvalue weighted by molar-refractivity contribution is 6.28. The second-order valence-corrected chi connectivity index (χ2v) is 6.29. The summed E-state index contributed by atoms with van der Waals surface area (Å²) in [7, 11) is 0. The fraction of sp³-hybridized carbons (Fsp3) is 0.500. The summed E-state index contributed by atoms with van der Waals surface area (Å²) in [4.78, 5) is 17.2. The number of nitrogens with zero attached hydrogens (tertiary/aromatic N) is 4. The highest BCUT2D eigenvalue weighted by Crippen LogP contribution is 2.37. The van der Waals surface area contributed by atoms with E-state index in [-0.39, 0.29) is 23.4 Å². The molecule has 0 spiro atoms. The molecule has 2 aliphatic rings. The molecule has 2 N–H and O–H groups in total. The summed E-state index contributed by atoms with van der Waals surface area (Å²) >= 11 is 5.96. The predicted octanol–water partition coefficient (Wildman–Crippen LogP) is 2.47. The predicted molar refractivity (Wildman–Crippen MR) is 81.3 cm³/mol. The number of anilines is 1. The Morgan fingerprint density at radius 3 is 2.77 bits per heavy atom. The van der Waals surface area contributed by atoms with Crippen LogP contribution in [0.3, 0.4) is 0 Å². The zero-order valence-corrected chi connectivity index (χ0v) is 12.6. The SMILES string of the molecule is O=C(O)N1C2CCC1CC(Nc1nc(Cl)nn3cccc13)C2. The van der Waals surface area contributed by atoms with Crippen LogP contribution in [0.4, 0.5) is 10.6 Å². The number of piperidine rings is 1. The van der Waals surface area contributed by atoms with Gasteiger partial charge in [-0.3, -0.25) is 0 Å². The molecule has 2 saturated heterocycles. The van der Waals surface area contributed by atoms with Gasteiger partial charge in [0, 0.05) is 24.3 Å². The van der Waals surface area contributed by atoms with Gasteiger partial charge in [-0.2, -0.15) is 4.98 Å². The lowest BCUT2D eigenvalue weighted by atomic mass is 9.98. The maximum Gasteiger partial charge on any atom is 0.407 e. The molecule has 116 valence electrons. The fourth-order valence-electron chi connectivity index (χ4n) is 3.81. The molecule has 2 atom stereocenters. The van der Waals surface area contributed by atoms with Crippen LogP contribution in [0.2, 0.25) is 5.28 Å². The van der Waals surface area contributed by atoms with Gasteiger partial charge in [-0.05, 0) is 49.4 Å². The lowest BCUT2D eigenvalue weighted by molar-refractivity contribution is 0.0994. The number of carboxylic acid groups (broad SMARTS) is 1. The fourth-order valence-corrected chi connectivity index (χ4v) is 3.98. The van der Waals surface area contributed by atoms with Crippen molar-refractivity contribution in [2.24, 2.45) is 0 Å². The van der Waals surface area contributed by atoms with E-state index in [0.717, 1.165) is 31.2 Å². The van der Waals surface area contributed by atoms with Gasteiger partial charge in [-0.1, -0.05) is 0 Å². The van der Waals surface area contributed by atoms with Gasteiger partial charge in [-0.15, -0.1) is 5.10 Å². The number of fused-ring (bicyclic) bond motifs is 3.